The van der Waals surface area contributed by atoms with Crippen LogP contribution in [0.1, 0.15) is 28.9 Å². The summed E-state index contributed by atoms with van der Waals surface area (Å²) in [5, 5.41) is 12.9. The molecule has 2 heterocycles. The van der Waals surface area contributed by atoms with Gasteiger partial charge in [0, 0.05) is 18.1 Å². The van der Waals surface area contributed by atoms with Crippen LogP contribution in [0.25, 0.3) is 0 Å². The quantitative estimate of drug-likeness (QED) is 0.823. The molecule has 2 N–H and O–H groups in total. The zero-order chi connectivity index (χ0) is 17.6. The summed E-state index contributed by atoms with van der Waals surface area (Å²) in [5.41, 5.74) is 1.13. The Morgan fingerprint density at radius 1 is 1.24 bits per heavy atom. The fourth-order valence-corrected chi connectivity index (χ4v) is 3.19. The molecular formula is C18H21ClN4O2. The van der Waals surface area contributed by atoms with Crippen molar-refractivity contribution in [3.63, 3.8) is 0 Å². The number of benzene rings is 1. The second-order valence-electron chi connectivity index (χ2n) is 6.28. The molecule has 0 aliphatic carbocycles. The van der Waals surface area contributed by atoms with Gasteiger partial charge in [-0.3, -0.25) is 4.90 Å². The van der Waals surface area contributed by atoms with Gasteiger partial charge in [-0.05, 0) is 43.5 Å². The van der Waals surface area contributed by atoms with E-state index in [2.05, 4.69) is 26.3 Å². The van der Waals surface area contributed by atoms with Crippen molar-refractivity contribution in [1.29, 1.82) is 0 Å². The predicted molar refractivity (Wildman–Crippen MR) is 96.9 cm³/mol. The molecule has 0 bridgehead atoms. The zero-order valence-corrected chi connectivity index (χ0v) is 14.6. The topological polar surface area (TPSA) is 78.3 Å². The third-order valence-corrected chi connectivity index (χ3v) is 4.87. The van der Waals surface area contributed by atoms with E-state index in [1.165, 1.54) is 18.0 Å². The SMILES string of the molecule is O=C(O)c1cnc(NCC2CCN(Cc3ccccc3Cl)CC2)cn1. The van der Waals surface area contributed by atoms with E-state index in [0.29, 0.717) is 11.7 Å². The number of rotatable bonds is 6. The Morgan fingerprint density at radius 3 is 2.64 bits per heavy atom. The first-order valence-electron chi connectivity index (χ1n) is 8.37. The Kier molecular flexibility index (Phi) is 5.83. The van der Waals surface area contributed by atoms with Crippen LogP contribution in [0.3, 0.4) is 0 Å². The van der Waals surface area contributed by atoms with Crippen molar-refractivity contribution in [1.82, 2.24) is 14.9 Å². The Hall–Kier alpha value is -2.18. The molecule has 0 atom stereocenters. The van der Waals surface area contributed by atoms with Gasteiger partial charge in [-0.15, -0.1) is 0 Å². The lowest BCUT2D eigenvalue weighted by Crippen LogP contribution is -2.35. The lowest BCUT2D eigenvalue weighted by atomic mass is 9.96. The number of hydrogen-bond donors (Lipinski definition) is 2. The van der Waals surface area contributed by atoms with Crippen LogP contribution in [0, 0.1) is 5.92 Å². The maximum absolute atomic E-state index is 10.8. The zero-order valence-electron chi connectivity index (χ0n) is 13.9. The van der Waals surface area contributed by atoms with Crippen molar-refractivity contribution in [3.05, 3.63) is 52.9 Å². The number of aromatic nitrogens is 2. The van der Waals surface area contributed by atoms with Crippen molar-refractivity contribution in [2.75, 3.05) is 25.0 Å². The molecule has 6 nitrogen and oxygen atoms in total. The van der Waals surface area contributed by atoms with Gasteiger partial charge in [-0.1, -0.05) is 29.8 Å². The van der Waals surface area contributed by atoms with Gasteiger partial charge in [0.2, 0.25) is 0 Å². The molecule has 0 spiro atoms. The summed E-state index contributed by atoms with van der Waals surface area (Å²) in [6, 6.07) is 7.99. The van der Waals surface area contributed by atoms with Gasteiger partial charge in [0.25, 0.3) is 0 Å². The molecule has 0 unspecified atom stereocenters. The number of hydrogen-bond acceptors (Lipinski definition) is 5. The summed E-state index contributed by atoms with van der Waals surface area (Å²) >= 11 is 6.23. The first-order valence-corrected chi connectivity index (χ1v) is 8.74. The summed E-state index contributed by atoms with van der Waals surface area (Å²) < 4.78 is 0. The van der Waals surface area contributed by atoms with Crippen molar-refractivity contribution in [2.45, 2.75) is 19.4 Å². The highest BCUT2D eigenvalue weighted by molar-refractivity contribution is 6.31. The fourth-order valence-electron chi connectivity index (χ4n) is 2.99. The van der Waals surface area contributed by atoms with Crippen molar-refractivity contribution in [2.24, 2.45) is 5.92 Å². The number of piperidine rings is 1. The van der Waals surface area contributed by atoms with Crippen LogP contribution in [0.4, 0.5) is 5.82 Å². The van der Waals surface area contributed by atoms with Gasteiger partial charge in [0.1, 0.15) is 5.82 Å². The third-order valence-electron chi connectivity index (χ3n) is 4.50. The molecule has 7 heteroatoms. The number of carboxylic acids is 1. The van der Waals surface area contributed by atoms with Crippen molar-refractivity contribution < 1.29 is 9.90 Å². The number of nitrogens with one attached hydrogen (secondary N) is 1. The first kappa shape index (κ1) is 17.6. The Morgan fingerprint density at radius 2 is 2.00 bits per heavy atom. The van der Waals surface area contributed by atoms with Crippen molar-refractivity contribution >= 4 is 23.4 Å². The first-order chi connectivity index (χ1) is 12.1. The molecule has 0 radical (unpaired) electrons. The highest BCUT2D eigenvalue weighted by Gasteiger charge is 2.19. The maximum atomic E-state index is 10.8. The molecule has 1 aromatic carbocycles. The van der Waals surface area contributed by atoms with Crippen LogP contribution in [0.5, 0.6) is 0 Å². The molecule has 1 fully saturated rings. The summed E-state index contributed by atoms with van der Waals surface area (Å²) in [7, 11) is 0. The molecule has 1 aromatic heterocycles. The molecular weight excluding hydrogens is 340 g/mol. The number of carbonyl (C=O) groups is 1. The van der Waals surface area contributed by atoms with Crippen LogP contribution in [0.15, 0.2) is 36.7 Å². The smallest absolute Gasteiger partial charge is 0.356 e. The minimum absolute atomic E-state index is 0.0431. The van der Waals surface area contributed by atoms with Crippen LogP contribution >= 0.6 is 11.6 Å². The summed E-state index contributed by atoms with van der Waals surface area (Å²) in [6.07, 6.45) is 4.96. The van der Waals surface area contributed by atoms with Gasteiger partial charge < -0.3 is 10.4 Å². The molecule has 1 saturated heterocycles. The van der Waals surface area contributed by atoms with E-state index in [0.717, 1.165) is 44.0 Å². The Labute approximate surface area is 151 Å². The largest absolute Gasteiger partial charge is 0.476 e. The molecule has 25 heavy (non-hydrogen) atoms. The average Bonchev–Trinajstić information content (AvgIpc) is 2.63. The average molecular weight is 361 g/mol. The van der Waals surface area contributed by atoms with Gasteiger partial charge >= 0.3 is 5.97 Å². The molecule has 1 aliphatic heterocycles. The number of anilines is 1. The number of nitrogens with zero attached hydrogens (tertiary/aromatic N) is 3. The van der Waals surface area contributed by atoms with E-state index < -0.39 is 5.97 Å². The molecule has 3 rings (SSSR count). The lowest BCUT2D eigenvalue weighted by molar-refractivity contribution is 0.0690. The number of halogens is 1. The summed E-state index contributed by atoms with van der Waals surface area (Å²) in [5.74, 6) is 0.122. The fraction of sp³-hybridized carbons (Fsp3) is 0.389. The van der Waals surface area contributed by atoms with Crippen molar-refractivity contribution in [3.8, 4) is 0 Å². The minimum Gasteiger partial charge on any atom is -0.476 e. The van der Waals surface area contributed by atoms with E-state index in [1.807, 2.05) is 18.2 Å². The highest BCUT2D eigenvalue weighted by atomic mass is 35.5. The molecule has 0 saturated carbocycles. The monoisotopic (exact) mass is 360 g/mol. The van der Waals surface area contributed by atoms with Gasteiger partial charge in [0.15, 0.2) is 5.69 Å². The van der Waals surface area contributed by atoms with Crippen LogP contribution in [-0.2, 0) is 6.54 Å². The molecule has 0 amide bonds. The number of aromatic carboxylic acids is 1. The Bertz CT molecular complexity index is 715. The van der Waals surface area contributed by atoms with E-state index in [4.69, 9.17) is 16.7 Å². The minimum atomic E-state index is -1.06. The van der Waals surface area contributed by atoms with Crippen LogP contribution in [-0.4, -0.2) is 45.6 Å². The normalized spacial score (nSPS) is 15.9. The van der Waals surface area contributed by atoms with E-state index in [1.54, 1.807) is 0 Å². The third kappa shape index (κ3) is 4.90. The number of carboxylic acid groups (broad SMARTS) is 1. The van der Waals surface area contributed by atoms with Crippen LogP contribution < -0.4 is 5.32 Å². The molecule has 2 aromatic rings. The molecule has 132 valence electrons. The molecule has 1 aliphatic rings. The highest BCUT2D eigenvalue weighted by Crippen LogP contribution is 2.22. The second-order valence-corrected chi connectivity index (χ2v) is 6.69. The maximum Gasteiger partial charge on any atom is 0.356 e. The second kappa shape index (κ2) is 8.27. The van der Waals surface area contributed by atoms with E-state index >= 15 is 0 Å². The predicted octanol–water partition coefficient (Wildman–Crippen LogP) is 3.15. The number of likely N-dealkylation sites (tertiary alicyclic amines) is 1. The van der Waals surface area contributed by atoms with Gasteiger partial charge in [-0.2, -0.15) is 0 Å². The van der Waals surface area contributed by atoms with Crippen LogP contribution in [0.2, 0.25) is 5.02 Å². The van der Waals surface area contributed by atoms with E-state index in [9.17, 15) is 4.79 Å². The summed E-state index contributed by atoms with van der Waals surface area (Å²) in [6.45, 7) is 3.80. The Balaban J connectivity index is 1.43. The van der Waals surface area contributed by atoms with E-state index in [-0.39, 0.29) is 5.69 Å². The van der Waals surface area contributed by atoms with Gasteiger partial charge in [-0.25, -0.2) is 14.8 Å². The standard InChI is InChI=1S/C18H21ClN4O2/c19-15-4-2-1-3-14(15)12-23-7-5-13(6-8-23)9-21-17-11-20-16(10-22-17)18(24)25/h1-4,10-11,13H,5-9,12H2,(H,21,22)(H,24,25). The summed E-state index contributed by atoms with van der Waals surface area (Å²) in [4.78, 5) is 21.1. The lowest BCUT2D eigenvalue weighted by Gasteiger charge is -2.32. The van der Waals surface area contributed by atoms with Gasteiger partial charge in [0.05, 0.1) is 12.4 Å².